The topological polar surface area (TPSA) is 66.5 Å². The molecule has 2 aliphatic heterocycles. The summed E-state index contributed by atoms with van der Waals surface area (Å²) >= 11 is 0. The number of hydrazine groups is 1. The van der Waals surface area contributed by atoms with Crippen LogP contribution in [0.1, 0.15) is 29.9 Å². The van der Waals surface area contributed by atoms with Gasteiger partial charge in [-0.2, -0.15) is 0 Å². The van der Waals surface area contributed by atoms with Gasteiger partial charge in [-0.3, -0.25) is 20.6 Å². The summed E-state index contributed by atoms with van der Waals surface area (Å²) < 4.78 is 18.9. The third kappa shape index (κ3) is 3.72. The van der Waals surface area contributed by atoms with Gasteiger partial charge >= 0.3 is 0 Å². The highest BCUT2D eigenvalue weighted by Gasteiger charge is 2.41. The van der Waals surface area contributed by atoms with Crippen LogP contribution in [0.15, 0.2) is 42.7 Å². The Hall–Kier alpha value is -2.51. The zero-order chi connectivity index (χ0) is 19.5. The predicted octanol–water partition coefficient (Wildman–Crippen LogP) is 2.02. The normalized spacial score (nSPS) is 24.5. The van der Waals surface area contributed by atoms with Gasteiger partial charge in [-0.25, -0.2) is 4.39 Å². The van der Waals surface area contributed by atoms with Crippen LogP contribution in [-0.2, 0) is 11.2 Å². The first-order valence-corrected chi connectivity index (χ1v) is 9.67. The molecular weight excluding hydrogens is 359 g/mol. The number of nitrogens with zero attached hydrogens (tertiary/aromatic N) is 2. The lowest BCUT2D eigenvalue weighted by Crippen LogP contribution is -2.50. The Morgan fingerprint density at radius 1 is 1.32 bits per heavy atom. The highest BCUT2D eigenvalue weighted by atomic mass is 19.1. The summed E-state index contributed by atoms with van der Waals surface area (Å²) in [7, 11) is 1.43. The molecule has 7 heteroatoms. The van der Waals surface area contributed by atoms with Gasteiger partial charge in [-0.15, -0.1) is 0 Å². The molecule has 3 heterocycles. The lowest BCUT2D eigenvalue weighted by molar-refractivity contribution is -0.131. The average molecular weight is 384 g/mol. The maximum Gasteiger partial charge on any atom is 0.227 e. The number of pyridine rings is 1. The van der Waals surface area contributed by atoms with Crippen LogP contribution < -0.4 is 15.6 Å². The number of methoxy groups -OCH3 is 1. The number of nitrogens with one attached hydrogen (secondary N) is 2. The first-order valence-electron chi connectivity index (χ1n) is 9.67. The smallest absolute Gasteiger partial charge is 0.227 e. The molecule has 2 N–H and O–H groups in total. The molecule has 1 aromatic heterocycles. The number of aromatic nitrogens is 1. The number of halogens is 1. The molecule has 3 atom stereocenters. The van der Waals surface area contributed by atoms with Crippen LogP contribution in [0.5, 0.6) is 5.75 Å². The van der Waals surface area contributed by atoms with Gasteiger partial charge in [0.2, 0.25) is 5.91 Å². The van der Waals surface area contributed by atoms with Gasteiger partial charge in [0.15, 0.2) is 11.6 Å². The first-order chi connectivity index (χ1) is 13.7. The van der Waals surface area contributed by atoms with E-state index in [4.69, 9.17) is 4.74 Å². The van der Waals surface area contributed by atoms with Crippen LogP contribution in [0.3, 0.4) is 0 Å². The fraction of sp³-hybridized carbons (Fsp3) is 0.429. The van der Waals surface area contributed by atoms with Crippen LogP contribution in [-0.4, -0.2) is 48.1 Å². The van der Waals surface area contributed by atoms with Crippen molar-refractivity contribution in [2.24, 2.45) is 0 Å². The maximum absolute atomic E-state index is 14.0. The van der Waals surface area contributed by atoms with E-state index < -0.39 is 5.82 Å². The zero-order valence-corrected chi connectivity index (χ0v) is 15.9. The fourth-order valence-corrected chi connectivity index (χ4v) is 4.39. The van der Waals surface area contributed by atoms with E-state index in [1.165, 1.54) is 18.7 Å². The molecule has 0 bridgehead atoms. The average Bonchev–Trinajstić information content (AvgIpc) is 3.38. The van der Waals surface area contributed by atoms with Crippen LogP contribution >= 0.6 is 0 Å². The Bertz CT molecular complexity index is 832. The summed E-state index contributed by atoms with van der Waals surface area (Å²) in [5.74, 6) is 0.0657. The van der Waals surface area contributed by atoms with Crippen LogP contribution in [0.4, 0.5) is 4.39 Å². The Labute approximate surface area is 164 Å². The highest BCUT2D eigenvalue weighted by Crippen LogP contribution is 2.31. The number of likely N-dealkylation sites (tertiary alicyclic amines) is 1. The third-order valence-corrected chi connectivity index (χ3v) is 5.76. The van der Waals surface area contributed by atoms with Gasteiger partial charge in [-0.05, 0) is 48.2 Å². The van der Waals surface area contributed by atoms with Crippen molar-refractivity contribution >= 4 is 5.91 Å². The molecule has 1 amide bonds. The monoisotopic (exact) mass is 384 g/mol. The fourth-order valence-electron chi connectivity index (χ4n) is 4.39. The lowest BCUT2D eigenvalue weighted by atomic mass is 9.88. The molecule has 28 heavy (non-hydrogen) atoms. The van der Waals surface area contributed by atoms with Crippen molar-refractivity contribution in [2.75, 3.05) is 20.2 Å². The molecule has 0 aliphatic carbocycles. The molecule has 0 saturated carbocycles. The van der Waals surface area contributed by atoms with Crippen LogP contribution in [0.2, 0.25) is 0 Å². The van der Waals surface area contributed by atoms with E-state index >= 15 is 0 Å². The van der Waals surface area contributed by atoms with E-state index in [2.05, 4.69) is 15.8 Å². The quantitative estimate of drug-likeness (QED) is 0.826. The summed E-state index contributed by atoms with van der Waals surface area (Å²) in [5, 5.41) is 0. The maximum atomic E-state index is 14.0. The van der Waals surface area contributed by atoms with Crippen molar-refractivity contribution < 1.29 is 13.9 Å². The molecule has 2 fully saturated rings. The number of amides is 1. The number of rotatable bonds is 5. The number of hydrogen-bond acceptors (Lipinski definition) is 5. The largest absolute Gasteiger partial charge is 0.494 e. The Morgan fingerprint density at radius 2 is 2.14 bits per heavy atom. The SMILES string of the molecule is COc1ccc(CC(=O)N2CCCC2C2NNCC2c2ccncc2)cc1F. The Kier molecular flexibility index (Phi) is 5.54. The van der Waals surface area contributed by atoms with Crippen LogP contribution in [0.25, 0.3) is 0 Å². The minimum atomic E-state index is -0.440. The number of hydrogen-bond donors (Lipinski definition) is 2. The summed E-state index contributed by atoms with van der Waals surface area (Å²) in [6.07, 6.45) is 5.75. The van der Waals surface area contributed by atoms with Crippen molar-refractivity contribution in [1.29, 1.82) is 0 Å². The molecule has 3 unspecified atom stereocenters. The molecule has 0 radical (unpaired) electrons. The molecule has 2 aromatic rings. The molecule has 4 rings (SSSR count). The minimum Gasteiger partial charge on any atom is -0.494 e. The van der Waals surface area contributed by atoms with E-state index in [-0.39, 0.29) is 36.1 Å². The predicted molar refractivity (Wildman–Crippen MR) is 103 cm³/mol. The van der Waals surface area contributed by atoms with Gasteiger partial charge in [-0.1, -0.05) is 6.07 Å². The highest BCUT2D eigenvalue weighted by molar-refractivity contribution is 5.79. The molecule has 6 nitrogen and oxygen atoms in total. The zero-order valence-electron chi connectivity index (χ0n) is 15.9. The Balaban J connectivity index is 1.48. The summed E-state index contributed by atoms with van der Waals surface area (Å²) in [6.45, 7) is 1.56. The molecule has 1 aromatic carbocycles. The molecule has 2 saturated heterocycles. The van der Waals surface area contributed by atoms with Crippen molar-refractivity contribution in [1.82, 2.24) is 20.7 Å². The van der Waals surface area contributed by atoms with E-state index in [9.17, 15) is 9.18 Å². The van der Waals surface area contributed by atoms with E-state index in [1.54, 1.807) is 24.5 Å². The minimum absolute atomic E-state index is 0.0363. The molecule has 148 valence electrons. The number of benzene rings is 1. The van der Waals surface area contributed by atoms with Gasteiger partial charge in [0.05, 0.1) is 13.5 Å². The summed E-state index contributed by atoms with van der Waals surface area (Å²) in [4.78, 5) is 19.1. The first kappa shape index (κ1) is 18.8. The van der Waals surface area contributed by atoms with E-state index in [0.717, 1.165) is 25.9 Å². The second-order valence-electron chi connectivity index (χ2n) is 7.38. The number of carbonyl (C=O) groups is 1. The van der Waals surface area contributed by atoms with E-state index in [0.29, 0.717) is 5.56 Å². The van der Waals surface area contributed by atoms with E-state index in [1.807, 2.05) is 17.0 Å². The summed E-state index contributed by atoms with van der Waals surface area (Å²) in [5.41, 5.74) is 8.52. The van der Waals surface area contributed by atoms with Crippen molar-refractivity contribution in [3.63, 3.8) is 0 Å². The van der Waals surface area contributed by atoms with Crippen molar-refractivity contribution in [3.8, 4) is 5.75 Å². The number of ether oxygens (including phenoxy) is 1. The molecular formula is C21H25FN4O2. The Morgan fingerprint density at radius 3 is 2.89 bits per heavy atom. The van der Waals surface area contributed by atoms with Crippen LogP contribution in [0, 0.1) is 5.82 Å². The molecule has 0 spiro atoms. The van der Waals surface area contributed by atoms with Gasteiger partial charge in [0.25, 0.3) is 0 Å². The summed E-state index contributed by atoms with van der Waals surface area (Å²) in [6, 6.07) is 9.03. The second-order valence-corrected chi connectivity index (χ2v) is 7.38. The standard InChI is InChI=1S/C21H25FN4O2/c1-28-19-5-4-14(11-17(19)22)12-20(27)26-10-2-3-18(26)21-16(13-24-25-21)15-6-8-23-9-7-15/h4-9,11,16,18,21,24-25H,2-3,10,12-13H2,1H3. The van der Waals surface area contributed by atoms with Gasteiger partial charge in [0, 0.05) is 43.5 Å². The van der Waals surface area contributed by atoms with Crippen molar-refractivity contribution in [2.45, 2.75) is 37.3 Å². The van der Waals surface area contributed by atoms with Gasteiger partial charge in [0.1, 0.15) is 0 Å². The molecule has 2 aliphatic rings. The third-order valence-electron chi connectivity index (χ3n) is 5.76. The van der Waals surface area contributed by atoms with Gasteiger partial charge < -0.3 is 9.64 Å². The van der Waals surface area contributed by atoms with Crippen molar-refractivity contribution in [3.05, 3.63) is 59.7 Å². The second kappa shape index (κ2) is 8.24. The number of carbonyl (C=O) groups excluding carboxylic acids is 1. The lowest BCUT2D eigenvalue weighted by Gasteiger charge is -2.32.